The third-order valence-corrected chi connectivity index (χ3v) is 7.70. The number of halogens is 2. The fourth-order valence-corrected chi connectivity index (χ4v) is 5.35. The molecule has 0 radical (unpaired) electrons. The first-order valence-electron chi connectivity index (χ1n) is 13.8. The number of nitrogens with zero attached hydrogens (tertiary/aromatic N) is 4. The van der Waals surface area contributed by atoms with Gasteiger partial charge < -0.3 is 19.7 Å². The lowest BCUT2D eigenvalue weighted by atomic mass is 9.98. The summed E-state index contributed by atoms with van der Waals surface area (Å²) in [6, 6.07) is 19.5. The molecular formula is C31H33ClFN5O4. The summed E-state index contributed by atoms with van der Waals surface area (Å²) in [6.07, 6.45) is 0.275. The van der Waals surface area contributed by atoms with E-state index in [1.54, 1.807) is 48.5 Å². The van der Waals surface area contributed by atoms with Crippen LogP contribution in [0.5, 0.6) is 5.75 Å². The summed E-state index contributed by atoms with van der Waals surface area (Å²) in [4.78, 5) is 31.1. The highest BCUT2D eigenvalue weighted by Crippen LogP contribution is 2.35. The number of rotatable bonds is 9. The zero-order valence-electron chi connectivity index (χ0n) is 23.3. The molecule has 3 aromatic carbocycles. The Morgan fingerprint density at radius 1 is 1.07 bits per heavy atom. The van der Waals surface area contributed by atoms with Crippen LogP contribution in [0.4, 0.5) is 14.9 Å². The Labute approximate surface area is 249 Å². The average Bonchev–Trinajstić information content (AvgIpc) is 3.45. The number of anilines is 1. The van der Waals surface area contributed by atoms with E-state index in [9.17, 15) is 9.59 Å². The van der Waals surface area contributed by atoms with E-state index in [1.807, 2.05) is 18.2 Å². The SMILES string of the molecule is COc1ccccc1NC(=O)N(CCN1CCOCC1)CC(=O)N1N=C(c2ccccc2Cl)C[C@@H]1c1ccccc1F. The number of amides is 3. The van der Waals surface area contributed by atoms with Crippen molar-refractivity contribution in [1.29, 1.82) is 0 Å². The van der Waals surface area contributed by atoms with E-state index in [0.29, 0.717) is 53.1 Å². The first-order valence-corrected chi connectivity index (χ1v) is 14.2. The highest BCUT2D eigenvalue weighted by molar-refractivity contribution is 6.34. The third-order valence-electron chi connectivity index (χ3n) is 7.37. The molecule has 220 valence electrons. The van der Waals surface area contributed by atoms with Gasteiger partial charge in [0, 0.05) is 48.7 Å². The Hall–Kier alpha value is -3.99. The van der Waals surface area contributed by atoms with Crippen molar-refractivity contribution in [2.24, 2.45) is 5.10 Å². The number of carbonyl (C=O) groups excluding carboxylic acids is 2. The topological polar surface area (TPSA) is 86.7 Å². The van der Waals surface area contributed by atoms with Gasteiger partial charge in [-0.05, 0) is 24.3 Å². The lowest BCUT2D eigenvalue weighted by molar-refractivity contribution is -0.133. The van der Waals surface area contributed by atoms with Gasteiger partial charge in [0.1, 0.15) is 18.1 Å². The van der Waals surface area contributed by atoms with Crippen molar-refractivity contribution in [3.63, 3.8) is 0 Å². The van der Waals surface area contributed by atoms with Crippen LogP contribution in [0.3, 0.4) is 0 Å². The van der Waals surface area contributed by atoms with Gasteiger partial charge in [0.2, 0.25) is 0 Å². The van der Waals surface area contributed by atoms with Crippen LogP contribution in [0.15, 0.2) is 77.9 Å². The highest BCUT2D eigenvalue weighted by atomic mass is 35.5. The molecule has 1 fully saturated rings. The second-order valence-electron chi connectivity index (χ2n) is 10.0. The molecule has 2 aliphatic rings. The maximum atomic E-state index is 15.0. The number of carbonyl (C=O) groups is 2. The standard InChI is InChI=1S/C31H33ClFN5O4/c1-41-29-13-7-6-12-26(29)34-31(40)37(15-14-36-16-18-42-19-17-36)21-30(39)38-28(23-9-3-5-11-25(23)33)20-27(35-38)22-8-2-4-10-24(22)32/h2-13,28H,14-21H2,1H3,(H,34,40)/t28-/m1/s1. The number of ether oxygens (including phenoxy) is 2. The summed E-state index contributed by atoms with van der Waals surface area (Å²) in [5, 5.41) is 9.28. The van der Waals surface area contributed by atoms with Crippen LogP contribution < -0.4 is 10.1 Å². The van der Waals surface area contributed by atoms with E-state index in [0.717, 1.165) is 13.1 Å². The Morgan fingerprint density at radius 2 is 1.79 bits per heavy atom. The minimum Gasteiger partial charge on any atom is -0.495 e. The first-order chi connectivity index (χ1) is 20.4. The molecule has 2 aliphatic heterocycles. The zero-order valence-corrected chi connectivity index (χ0v) is 24.1. The Kier molecular flexibility index (Phi) is 9.68. The molecule has 3 aromatic rings. The number of hydrogen-bond donors (Lipinski definition) is 1. The van der Waals surface area contributed by atoms with Gasteiger partial charge in [0.25, 0.3) is 5.91 Å². The van der Waals surface area contributed by atoms with E-state index < -0.39 is 23.8 Å². The molecule has 5 rings (SSSR count). The first kappa shape index (κ1) is 29.5. The van der Waals surface area contributed by atoms with Crippen LogP contribution in [-0.2, 0) is 9.53 Å². The Morgan fingerprint density at radius 3 is 2.55 bits per heavy atom. The van der Waals surface area contributed by atoms with Gasteiger partial charge in [0.15, 0.2) is 0 Å². The number of methoxy groups -OCH3 is 1. The minimum absolute atomic E-state index is 0.268. The predicted octanol–water partition coefficient (Wildman–Crippen LogP) is 5.03. The molecule has 11 heteroatoms. The summed E-state index contributed by atoms with van der Waals surface area (Å²) >= 11 is 6.46. The van der Waals surface area contributed by atoms with E-state index in [4.69, 9.17) is 21.1 Å². The van der Waals surface area contributed by atoms with Crippen LogP contribution in [0.1, 0.15) is 23.6 Å². The van der Waals surface area contributed by atoms with Gasteiger partial charge in [0.05, 0.1) is 37.8 Å². The molecule has 0 aliphatic carbocycles. The summed E-state index contributed by atoms with van der Waals surface area (Å²) in [5.74, 6) is -0.380. The number of nitrogens with one attached hydrogen (secondary N) is 1. The lowest BCUT2D eigenvalue weighted by Gasteiger charge is -2.31. The van der Waals surface area contributed by atoms with Gasteiger partial charge >= 0.3 is 6.03 Å². The second-order valence-corrected chi connectivity index (χ2v) is 10.4. The summed E-state index contributed by atoms with van der Waals surface area (Å²) in [6.45, 7) is 3.28. The number of hydrazone groups is 1. The molecule has 0 bridgehead atoms. The summed E-state index contributed by atoms with van der Waals surface area (Å²) < 4.78 is 25.8. The molecule has 0 spiro atoms. The van der Waals surface area contributed by atoms with E-state index in [2.05, 4.69) is 15.3 Å². The molecule has 9 nitrogen and oxygen atoms in total. The monoisotopic (exact) mass is 593 g/mol. The van der Waals surface area contributed by atoms with Crippen molar-refractivity contribution in [2.45, 2.75) is 12.5 Å². The largest absolute Gasteiger partial charge is 0.495 e. The van der Waals surface area contributed by atoms with Crippen molar-refractivity contribution in [3.8, 4) is 5.75 Å². The molecule has 0 aromatic heterocycles. The molecule has 0 saturated carbocycles. The van der Waals surface area contributed by atoms with Crippen molar-refractivity contribution in [1.82, 2.24) is 14.8 Å². The number of morpholine rings is 1. The van der Waals surface area contributed by atoms with Crippen molar-refractivity contribution in [2.75, 3.05) is 58.4 Å². The number of para-hydroxylation sites is 2. The van der Waals surface area contributed by atoms with Crippen molar-refractivity contribution >= 4 is 34.9 Å². The van der Waals surface area contributed by atoms with Crippen LogP contribution in [-0.4, -0.2) is 85.5 Å². The second kappa shape index (κ2) is 13.8. The lowest BCUT2D eigenvalue weighted by Crippen LogP contribution is -2.47. The Bertz CT molecular complexity index is 1450. The summed E-state index contributed by atoms with van der Waals surface area (Å²) in [5.41, 5.74) is 2.07. The summed E-state index contributed by atoms with van der Waals surface area (Å²) in [7, 11) is 1.52. The molecule has 42 heavy (non-hydrogen) atoms. The minimum atomic E-state index is -0.691. The number of hydrogen-bond acceptors (Lipinski definition) is 6. The molecule has 1 atom stereocenters. The molecule has 1 N–H and O–H groups in total. The fraction of sp³-hybridized carbons (Fsp3) is 0.323. The zero-order chi connectivity index (χ0) is 29.5. The van der Waals surface area contributed by atoms with Crippen LogP contribution in [0, 0.1) is 5.82 Å². The molecule has 3 amide bonds. The van der Waals surface area contributed by atoms with Gasteiger partial charge in [-0.15, -0.1) is 0 Å². The molecule has 2 heterocycles. The van der Waals surface area contributed by atoms with Crippen molar-refractivity contribution in [3.05, 3.63) is 94.8 Å². The molecular weight excluding hydrogens is 561 g/mol. The van der Waals surface area contributed by atoms with Crippen LogP contribution in [0.2, 0.25) is 5.02 Å². The Balaban J connectivity index is 1.41. The highest BCUT2D eigenvalue weighted by Gasteiger charge is 2.36. The smallest absolute Gasteiger partial charge is 0.322 e. The number of benzene rings is 3. The third kappa shape index (κ3) is 6.89. The maximum absolute atomic E-state index is 15.0. The van der Waals surface area contributed by atoms with Gasteiger partial charge in [-0.25, -0.2) is 14.2 Å². The maximum Gasteiger partial charge on any atom is 0.322 e. The van der Waals surface area contributed by atoms with Gasteiger partial charge in [-0.3, -0.25) is 9.69 Å². The predicted molar refractivity (Wildman–Crippen MR) is 159 cm³/mol. The quantitative estimate of drug-likeness (QED) is 0.376. The van der Waals surface area contributed by atoms with Crippen molar-refractivity contribution < 1.29 is 23.5 Å². The van der Waals surface area contributed by atoms with Crippen LogP contribution >= 0.6 is 11.6 Å². The molecule has 0 unspecified atom stereocenters. The van der Waals surface area contributed by atoms with Gasteiger partial charge in [-0.2, -0.15) is 5.10 Å². The van der Waals surface area contributed by atoms with E-state index in [-0.39, 0.29) is 19.5 Å². The average molecular weight is 594 g/mol. The molecule has 1 saturated heterocycles. The normalized spacial score (nSPS) is 17.1. The van der Waals surface area contributed by atoms with E-state index >= 15 is 4.39 Å². The van der Waals surface area contributed by atoms with E-state index in [1.165, 1.54) is 23.1 Å². The van der Waals surface area contributed by atoms with Crippen LogP contribution in [0.25, 0.3) is 0 Å². The number of urea groups is 1. The van der Waals surface area contributed by atoms with Gasteiger partial charge in [-0.1, -0.05) is 60.1 Å². The fourth-order valence-electron chi connectivity index (χ4n) is 5.10.